The van der Waals surface area contributed by atoms with Crippen molar-refractivity contribution in [2.75, 3.05) is 56.9 Å². The minimum absolute atomic E-state index is 0.108. The summed E-state index contributed by atoms with van der Waals surface area (Å²) in [4.78, 5) is 25.8. The highest BCUT2D eigenvalue weighted by Crippen LogP contribution is 2.38. The monoisotopic (exact) mass is 533 g/mol. The lowest BCUT2D eigenvalue weighted by Gasteiger charge is -2.26. The van der Waals surface area contributed by atoms with Gasteiger partial charge in [0.15, 0.2) is 0 Å². The number of carbonyl (C=O) groups is 1. The normalized spacial score (nSPS) is 11.0. The molecule has 0 unspecified atom stereocenters. The van der Waals surface area contributed by atoms with Crippen molar-refractivity contribution in [2.45, 2.75) is 0 Å². The highest BCUT2D eigenvalue weighted by molar-refractivity contribution is 6.43. The van der Waals surface area contributed by atoms with Gasteiger partial charge in [0.05, 0.1) is 34.9 Å². The summed E-state index contributed by atoms with van der Waals surface area (Å²) < 4.78 is 7.78. The lowest BCUT2D eigenvalue weighted by atomic mass is 10.1. The molecular weight excluding hydrogens is 502 g/mol. The first kappa shape index (κ1) is 27.0. The number of amides is 1. The molecule has 38 heavy (non-hydrogen) atoms. The van der Waals surface area contributed by atoms with Crippen LogP contribution >= 0.6 is 11.6 Å². The van der Waals surface area contributed by atoms with Crippen molar-refractivity contribution in [1.82, 2.24) is 19.4 Å². The predicted octanol–water partition coefficient (Wildman–Crippen LogP) is 5.08. The van der Waals surface area contributed by atoms with Crippen molar-refractivity contribution in [2.24, 2.45) is 7.05 Å². The molecular formula is C28H32ClN7O2. The summed E-state index contributed by atoms with van der Waals surface area (Å²) >= 11 is 5.87. The molecule has 2 N–H and O–H groups in total. The highest BCUT2D eigenvalue weighted by atomic mass is 35.5. The Kier molecular flexibility index (Phi) is 8.19. The molecule has 4 aromatic rings. The Balaban J connectivity index is 1.72. The maximum atomic E-state index is 12.4. The number of carbonyl (C=O) groups excluding carboxylic acids is 1. The van der Waals surface area contributed by atoms with Gasteiger partial charge in [0, 0.05) is 62.1 Å². The molecule has 0 aliphatic carbocycles. The van der Waals surface area contributed by atoms with E-state index >= 15 is 0 Å². The fraction of sp³-hybridized carbons (Fsp3) is 0.250. The number of benzene rings is 2. The lowest BCUT2D eigenvalue weighted by Crippen LogP contribution is -2.29. The number of aryl methyl sites for hydroxylation is 1. The van der Waals surface area contributed by atoms with Crippen LogP contribution < -0.4 is 20.3 Å². The number of fused-ring (bicyclic) bond motifs is 1. The van der Waals surface area contributed by atoms with Gasteiger partial charge in [-0.05, 0) is 32.3 Å². The number of ether oxygens (including phenoxy) is 1. The smallest absolute Gasteiger partial charge is 0.266 e. The summed E-state index contributed by atoms with van der Waals surface area (Å²) in [5, 5.41) is 7.11. The molecule has 0 saturated heterocycles. The topological polar surface area (TPSA) is 87.5 Å². The van der Waals surface area contributed by atoms with Gasteiger partial charge in [-0.15, -0.1) is 0 Å². The van der Waals surface area contributed by atoms with Crippen LogP contribution in [0.3, 0.4) is 0 Å². The van der Waals surface area contributed by atoms with E-state index in [0.29, 0.717) is 23.1 Å². The molecule has 0 fully saturated rings. The number of anilines is 4. The number of para-hydroxylation sites is 1. The van der Waals surface area contributed by atoms with Crippen LogP contribution in [0.1, 0.15) is 0 Å². The van der Waals surface area contributed by atoms with Crippen LogP contribution in [0.2, 0.25) is 0 Å². The molecule has 2 aromatic carbocycles. The van der Waals surface area contributed by atoms with Crippen LogP contribution in [0, 0.1) is 0 Å². The zero-order valence-corrected chi connectivity index (χ0v) is 23.0. The van der Waals surface area contributed by atoms with Gasteiger partial charge in [0.25, 0.3) is 5.91 Å². The van der Waals surface area contributed by atoms with Gasteiger partial charge in [-0.3, -0.25) is 4.79 Å². The number of halogens is 1. The largest absolute Gasteiger partial charge is 0.494 e. The summed E-state index contributed by atoms with van der Waals surface area (Å²) in [6.07, 6.45) is 3.77. The van der Waals surface area contributed by atoms with E-state index in [1.165, 1.54) is 0 Å². The molecule has 2 heterocycles. The van der Waals surface area contributed by atoms with Crippen molar-refractivity contribution >= 4 is 51.4 Å². The average molecular weight is 534 g/mol. The van der Waals surface area contributed by atoms with Crippen LogP contribution in [0.5, 0.6) is 5.75 Å². The van der Waals surface area contributed by atoms with E-state index in [1.807, 2.05) is 57.4 Å². The first-order valence-electron chi connectivity index (χ1n) is 12.1. The van der Waals surface area contributed by atoms with Crippen molar-refractivity contribution < 1.29 is 9.53 Å². The molecule has 198 valence electrons. The molecule has 0 spiro atoms. The third-order valence-corrected chi connectivity index (χ3v) is 6.35. The molecule has 0 aliphatic rings. The molecule has 0 radical (unpaired) electrons. The van der Waals surface area contributed by atoms with E-state index in [2.05, 4.69) is 50.0 Å². The Morgan fingerprint density at radius 3 is 2.61 bits per heavy atom. The molecule has 0 aliphatic heterocycles. The average Bonchev–Trinajstić information content (AvgIpc) is 3.24. The third kappa shape index (κ3) is 5.90. The standard InChI is InChI=1S/C28H32ClN7O2/c1-18(29)27(37)31-22-15-23(26(38-6)16-25(22)35(4)14-13-34(2)3)33-28-30-12-11-21(32-28)20-17-36(5)24-10-8-7-9-19(20)24/h7-12,15-17H,1,13-14H2,2-6H3,(H,31,37)(H,30,32,33). The van der Waals surface area contributed by atoms with E-state index in [0.717, 1.165) is 40.9 Å². The van der Waals surface area contributed by atoms with Crippen LogP contribution in [0.4, 0.5) is 23.0 Å². The molecule has 0 saturated carbocycles. The Morgan fingerprint density at radius 1 is 1.13 bits per heavy atom. The second-order valence-corrected chi connectivity index (χ2v) is 9.67. The number of nitrogens with one attached hydrogen (secondary N) is 2. The number of hydrogen-bond donors (Lipinski definition) is 2. The van der Waals surface area contributed by atoms with Crippen molar-refractivity contribution in [3.8, 4) is 17.0 Å². The zero-order chi connectivity index (χ0) is 27.4. The molecule has 0 atom stereocenters. The van der Waals surface area contributed by atoms with E-state index in [9.17, 15) is 4.79 Å². The zero-order valence-electron chi connectivity index (χ0n) is 22.2. The van der Waals surface area contributed by atoms with Crippen LogP contribution in [0.25, 0.3) is 22.2 Å². The number of likely N-dealkylation sites (N-methyl/N-ethyl adjacent to an activating group) is 2. The lowest BCUT2D eigenvalue weighted by molar-refractivity contribution is -0.112. The molecule has 0 bridgehead atoms. The first-order chi connectivity index (χ1) is 18.2. The molecule has 2 aromatic heterocycles. The van der Waals surface area contributed by atoms with E-state index in [1.54, 1.807) is 19.4 Å². The fourth-order valence-electron chi connectivity index (χ4n) is 4.15. The van der Waals surface area contributed by atoms with Gasteiger partial charge in [0.1, 0.15) is 5.75 Å². The Bertz CT molecular complexity index is 1480. The van der Waals surface area contributed by atoms with Crippen LogP contribution in [0.15, 0.2) is 66.5 Å². The first-order valence-corrected chi connectivity index (χ1v) is 12.4. The minimum atomic E-state index is -0.487. The van der Waals surface area contributed by atoms with Crippen molar-refractivity contribution in [3.05, 3.63) is 66.5 Å². The number of hydrogen-bond acceptors (Lipinski definition) is 7. The summed E-state index contributed by atoms with van der Waals surface area (Å²) in [5.74, 6) is 0.472. The number of nitrogens with zero attached hydrogens (tertiary/aromatic N) is 5. The van der Waals surface area contributed by atoms with Crippen LogP contribution in [-0.2, 0) is 11.8 Å². The van der Waals surface area contributed by atoms with Crippen LogP contribution in [-0.4, -0.2) is 66.7 Å². The predicted molar refractivity (Wildman–Crippen MR) is 156 cm³/mol. The Labute approximate surface area is 227 Å². The molecule has 10 heteroatoms. The molecule has 1 amide bonds. The minimum Gasteiger partial charge on any atom is -0.494 e. The maximum Gasteiger partial charge on any atom is 0.266 e. The second-order valence-electron chi connectivity index (χ2n) is 9.21. The van der Waals surface area contributed by atoms with Gasteiger partial charge in [-0.25, -0.2) is 9.97 Å². The van der Waals surface area contributed by atoms with Gasteiger partial charge < -0.3 is 29.7 Å². The fourth-order valence-corrected chi connectivity index (χ4v) is 4.19. The number of rotatable bonds is 10. The number of methoxy groups -OCH3 is 1. The van der Waals surface area contributed by atoms with Crippen molar-refractivity contribution in [1.29, 1.82) is 0 Å². The third-order valence-electron chi connectivity index (χ3n) is 6.18. The summed E-state index contributed by atoms with van der Waals surface area (Å²) in [6, 6.07) is 13.7. The Hall–Kier alpha value is -4.08. The number of aromatic nitrogens is 3. The maximum absolute atomic E-state index is 12.4. The second kappa shape index (κ2) is 11.5. The van der Waals surface area contributed by atoms with Gasteiger partial charge in [-0.1, -0.05) is 36.4 Å². The van der Waals surface area contributed by atoms with E-state index in [4.69, 9.17) is 21.3 Å². The van der Waals surface area contributed by atoms with E-state index < -0.39 is 5.91 Å². The quantitative estimate of drug-likeness (QED) is 0.275. The van der Waals surface area contributed by atoms with Gasteiger partial charge in [-0.2, -0.15) is 0 Å². The summed E-state index contributed by atoms with van der Waals surface area (Å²) in [7, 11) is 9.57. The molecule has 9 nitrogen and oxygen atoms in total. The van der Waals surface area contributed by atoms with Crippen molar-refractivity contribution in [3.63, 3.8) is 0 Å². The Morgan fingerprint density at radius 2 is 1.89 bits per heavy atom. The van der Waals surface area contributed by atoms with E-state index in [-0.39, 0.29) is 5.03 Å². The molecule has 4 rings (SSSR count). The SMILES string of the molecule is C=C(Cl)C(=O)Nc1cc(Nc2nccc(-c3cn(C)c4ccccc34)n2)c(OC)cc1N(C)CCN(C)C. The highest BCUT2D eigenvalue weighted by Gasteiger charge is 2.18. The van der Waals surface area contributed by atoms with Gasteiger partial charge in [0.2, 0.25) is 5.95 Å². The van der Waals surface area contributed by atoms with Gasteiger partial charge >= 0.3 is 0 Å². The summed E-state index contributed by atoms with van der Waals surface area (Å²) in [6.45, 7) is 5.09. The summed E-state index contributed by atoms with van der Waals surface area (Å²) in [5.41, 5.74) is 4.81.